The summed E-state index contributed by atoms with van der Waals surface area (Å²) in [5, 5.41) is 13.6. The fourth-order valence-electron chi connectivity index (χ4n) is 4.83. The number of aromatic nitrogens is 2. The third-order valence-electron chi connectivity index (χ3n) is 6.96. The number of fused-ring (bicyclic) bond motifs is 1. The molecule has 9 heteroatoms. The molecule has 0 aliphatic carbocycles. The second kappa shape index (κ2) is 10.2. The van der Waals surface area contributed by atoms with Crippen LogP contribution in [0.4, 0.5) is 5.69 Å². The molecule has 0 radical (unpaired) electrons. The third-order valence-corrected chi connectivity index (χ3v) is 6.96. The molecule has 0 atom stereocenters. The summed E-state index contributed by atoms with van der Waals surface area (Å²) in [4.78, 5) is 37.1. The molecule has 1 saturated heterocycles. The molecule has 2 aliphatic heterocycles. The number of hydrogen-bond acceptors (Lipinski definition) is 7. The molecule has 0 saturated carbocycles. The minimum Gasteiger partial charge on any atom is -0.477 e. The van der Waals surface area contributed by atoms with Crippen molar-refractivity contribution in [1.82, 2.24) is 19.8 Å². The fraction of sp³-hybridized carbons (Fsp3) is 0.321. The van der Waals surface area contributed by atoms with Crippen LogP contribution in [0.15, 0.2) is 59.9 Å². The van der Waals surface area contributed by atoms with Crippen LogP contribution in [0.25, 0.3) is 17.1 Å². The number of rotatable bonds is 7. The summed E-state index contributed by atoms with van der Waals surface area (Å²) in [5.74, 6) is -2.16. The highest BCUT2D eigenvalue weighted by molar-refractivity contribution is 6.26. The molecule has 2 aliphatic rings. The minimum absolute atomic E-state index is 0.0560. The van der Waals surface area contributed by atoms with Crippen LogP contribution in [0, 0.1) is 6.92 Å². The molecule has 0 amide bonds. The molecule has 192 valence electrons. The van der Waals surface area contributed by atoms with Gasteiger partial charge in [0.2, 0.25) is 11.7 Å². The molecule has 9 nitrogen and oxygen atoms in total. The lowest BCUT2D eigenvalue weighted by molar-refractivity contribution is -0.134. The number of pyridine rings is 1. The summed E-state index contributed by atoms with van der Waals surface area (Å²) < 4.78 is 5.76. The van der Waals surface area contributed by atoms with Gasteiger partial charge >= 0.3 is 5.97 Å². The fourth-order valence-corrected chi connectivity index (χ4v) is 4.83. The van der Waals surface area contributed by atoms with Crippen molar-refractivity contribution in [2.24, 2.45) is 0 Å². The van der Waals surface area contributed by atoms with Crippen LogP contribution in [0.2, 0.25) is 0 Å². The predicted molar refractivity (Wildman–Crippen MR) is 142 cm³/mol. The van der Waals surface area contributed by atoms with Gasteiger partial charge in [-0.3, -0.25) is 14.6 Å². The number of Topliss-reactive ketones (excluding diaryl/α,β-unsaturated/α-hetero) is 1. The van der Waals surface area contributed by atoms with Crippen LogP contribution in [-0.4, -0.2) is 68.8 Å². The topological polar surface area (TPSA) is 111 Å². The summed E-state index contributed by atoms with van der Waals surface area (Å²) in [5.41, 5.74) is 3.75. The molecule has 1 aromatic carbocycles. The van der Waals surface area contributed by atoms with Crippen LogP contribution >= 0.6 is 0 Å². The molecule has 3 N–H and O–H groups in total. The Bertz CT molecular complexity index is 1410. The summed E-state index contributed by atoms with van der Waals surface area (Å²) in [6.07, 6.45) is 4.91. The first-order valence-electron chi connectivity index (χ1n) is 12.5. The molecule has 2 aromatic heterocycles. The zero-order chi connectivity index (χ0) is 26.1. The van der Waals surface area contributed by atoms with E-state index >= 15 is 0 Å². The summed E-state index contributed by atoms with van der Waals surface area (Å²) in [7, 11) is 0. The SMILES string of the molecule is Cc1cc(CN2CCN(C(C)C)CC2)ccc1NC1=C(C(=O)O)C(=O)/C(=C/c2c[nH]c3ncccc23)O1. The molecule has 0 bridgehead atoms. The highest BCUT2D eigenvalue weighted by atomic mass is 16.5. The second-order valence-corrected chi connectivity index (χ2v) is 9.77. The van der Waals surface area contributed by atoms with Crippen molar-refractivity contribution in [1.29, 1.82) is 0 Å². The largest absolute Gasteiger partial charge is 0.477 e. The van der Waals surface area contributed by atoms with Gasteiger partial charge in [-0.15, -0.1) is 0 Å². The van der Waals surface area contributed by atoms with Gasteiger partial charge in [0.05, 0.1) is 0 Å². The Kier molecular flexibility index (Phi) is 6.82. The van der Waals surface area contributed by atoms with E-state index in [1.807, 2.05) is 25.1 Å². The Morgan fingerprint density at radius 3 is 2.73 bits per heavy atom. The van der Waals surface area contributed by atoms with E-state index in [0.717, 1.165) is 43.7 Å². The molecule has 0 unspecified atom stereocenters. The number of nitrogens with zero attached hydrogens (tertiary/aromatic N) is 3. The highest BCUT2D eigenvalue weighted by Crippen LogP contribution is 2.31. The lowest BCUT2D eigenvalue weighted by atomic mass is 10.1. The number of carboxylic acids is 1. The van der Waals surface area contributed by atoms with Crippen LogP contribution in [-0.2, 0) is 20.9 Å². The van der Waals surface area contributed by atoms with E-state index in [1.54, 1.807) is 18.5 Å². The zero-order valence-corrected chi connectivity index (χ0v) is 21.2. The number of allylic oxidation sites excluding steroid dienone is 1. The maximum atomic E-state index is 12.9. The Labute approximate surface area is 215 Å². The van der Waals surface area contributed by atoms with Crippen LogP contribution in [0.1, 0.15) is 30.5 Å². The number of aromatic amines is 1. The Hall–Kier alpha value is -3.95. The van der Waals surface area contributed by atoms with Gasteiger partial charge in [-0.1, -0.05) is 12.1 Å². The van der Waals surface area contributed by atoms with Crippen molar-refractivity contribution >= 4 is 34.5 Å². The van der Waals surface area contributed by atoms with Crippen LogP contribution in [0.3, 0.4) is 0 Å². The van der Waals surface area contributed by atoms with Gasteiger partial charge < -0.3 is 20.1 Å². The number of carboxylic acid groups (broad SMARTS) is 1. The van der Waals surface area contributed by atoms with Crippen molar-refractivity contribution in [3.8, 4) is 0 Å². The van der Waals surface area contributed by atoms with Gasteiger partial charge in [-0.05, 0) is 56.2 Å². The van der Waals surface area contributed by atoms with E-state index < -0.39 is 17.3 Å². The number of carbonyl (C=O) groups excluding carboxylic acids is 1. The number of carbonyl (C=O) groups is 2. The smallest absolute Gasteiger partial charge is 0.345 e. The number of nitrogens with one attached hydrogen (secondary N) is 2. The number of benzene rings is 1. The number of ketones is 1. The highest BCUT2D eigenvalue weighted by Gasteiger charge is 2.36. The summed E-state index contributed by atoms with van der Waals surface area (Å²) in [6, 6.07) is 10.2. The van der Waals surface area contributed by atoms with E-state index in [-0.39, 0.29) is 11.6 Å². The Morgan fingerprint density at radius 2 is 2.03 bits per heavy atom. The van der Waals surface area contributed by atoms with Gasteiger partial charge in [0.1, 0.15) is 5.65 Å². The van der Waals surface area contributed by atoms with E-state index in [2.05, 4.69) is 45.0 Å². The standard InChI is InChI=1S/C28H31N5O4/c1-17(2)33-11-9-32(10-12-33)16-19-6-7-22(18(3)13-19)31-27-24(28(35)36)25(34)23(37-27)14-20-15-30-26-21(20)5-4-8-29-26/h4-8,13-15,17,31H,9-12,16H2,1-3H3,(H,29,30)(H,35,36)/b23-14-. The van der Waals surface area contributed by atoms with Gasteiger partial charge in [-0.25, -0.2) is 9.78 Å². The third kappa shape index (κ3) is 5.14. The first kappa shape index (κ1) is 24.7. The second-order valence-electron chi connectivity index (χ2n) is 9.77. The van der Waals surface area contributed by atoms with Crippen molar-refractivity contribution in [2.45, 2.75) is 33.4 Å². The van der Waals surface area contributed by atoms with E-state index in [4.69, 9.17) is 4.74 Å². The number of aliphatic carboxylic acids is 1. The number of aryl methyl sites for hydroxylation is 1. The number of hydrogen-bond donors (Lipinski definition) is 3. The van der Waals surface area contributed by atoms with Gasteiger partial charge in [0.15, 0.2) is 11.3 Å². The minimum atomic E-state index is -1.34. The quantitative estimate of drug-likeness (QED) is 0.332. The normalized spacial score (nSPS) is 18.3. The molecular formula is C28H31N5O4. The lowest BCUT2D eigenvalue weighted by Crippen LogP contribution is -2.48. The molecule has 4 heterocycles. The number of piperazine rings is 1. The maximum absolute atomic E-state index is 12.9. The van der Waals surface area contributed by atoms with Crippen molar-refractivity contribution in [3.05, 3.63) is 76.6 Å². The van der Waals surface area contributed by atoms with Crippen LogP contribution < -0.4 is 5.32 Å². The van der Waals surface area contributed by atoms with Crippen molar-refractivity contribution in [3.63, 3.8) is 0 Å². The van der Waals surface area contributed by atoms with Gasteiger partial charge in [0, 0.05) is 67.8 Å². The number of H-pyrrole nitrogens is 1. The average molecular weight is 502 g/mol. The van der Waals surface area contributed by atoms with E-state index in [9.17, 15) is 14.7 Å². The van der Waals surface area contributed by atoms with E-state index in [0.29, 0.717) is 22.9 Å². The Balaban J connectivity index is 1.31. The molecule has 5 rings (SSSR count). The molecular weight excluding hydrogens is 470 g/mol. The number of anilines is 1. The summed E-state index contributed by atoms with van der Waals surface area (Å²) >= 11 is 0. The molecule has 1 fully saturated rings. The monoisotopic (exact) mass is 501 g/mol. The van der Waals surface area contributed by atoms with Crippen molar-refractivity contribution < 1.29 is 19.4 Å². The summed E-state index contributed by atoms with van der Waals surface area (Å²) in [6.45, 7) is 11.5. The average Bonchev–Trinajstić information content (AvgIpc) is 3.42. The van der Waals surface area contributed by atoms with Gasteiger partial charge in [0.25, 0.3) is 0 Å². The number of ether oxygens (including phenoxy) is 1. The van der Waals surface area contributed by atoms with Gasteiger partial charge in [-0.2, -0.15) is 0 Å². The predicted octanol–water partition coefficient (Wildman–Crippen LogP) is 3.75. The molecule has 0 spiro atoms. The molecule has 3 aromatic rings. The Morgan fingerprint density at radius 1 is 1.24 bits per heavy atom. The zero-order valence-electron chi connectivity index (χ0n) is 21.2. The lowest BCUT2D eigenvalue weighted by Gasteiger charge is -2.37. The van der Waals surface area contributed by atoms with Crippen molar-refractivity contribution in [2.75, 3.05) is 31.5 Å². The van der Waals surface area contributed by atoms with Crippen LogP contribution in [0.5, 0.6) is 0 Å². The molecule has 37 heavy (non-hydrogen) atoms. The maximum Gasteiger partial charge on any atom is 0.345 e. The first-order chi connectivity index (χ1) is 17.8. The van der Waals surface area contributed by atoms with E-state index in [1.165, 1.54) is 11.6 Å². The first-order valence-corrected chi connectivity index (χ1v) is 12.5.